The first-order valence-electron chi connectivity index (χ1n) is 8.34. The Kier molecular flexibility index (Phi) is 6.46. The van der Waals surface area contributed by atoms with Gasteiger partial charge in [-0.15, -0.1) is 0 Å². The number of esters is 1. The van der Waals surface area contributed by atoms with Crippen molar-refractivity contribution in [3.8, 4) is 5.75 Å². The lowest BCUT2D eigenvalue weighted by Crippen LogP contribution is -2.45. The lowest BCUT2D eigenvalue weighted by molar-refractivity contribution is 0.0597. The second kappa shape index (κ2) is 8.57. The summed E-state index contributed by atoms with van der Waals surface area (Å²) in [5.41, 5.74) is 1.16. The van der Waals surface area contributed by atoms with Gasteiger partial charge in [0.15, 0.2) is 0 Å². The zero-order chi connectivity index (χ0) is 17.5. The maximum atomic E-state index is 12.1. The van der Waals surface area contributed by atoms with E-state index in [9.17, 15) is 9.59 Å². The minimum absolute atomic E-state index is 0.177. The van der Waals surface area contributed by atoms with Gasteiger partial charge in [-0.25, -0.2) is 9.59 Å². The van der Waals surface area contributed by atoms with Crippen molar-refractivity contribution in [1.82, 2.24) is 10.6 Å². The highest BCUT2D eigenvalue weighted by Gasteiger charge is 2.22. The fourth-order valence-electron chi connectivity index (χ4n) is 3.07. The summed E-state index contributed by atoms with van der Waals surface area (Å²) < 4.78 is 9.91. The number of rotatable bonds is 5. The van der Waals surface area contributed by atoms with Crippen LogP contribution in [0.2, 0.25) is 0 Å². The molecule has 2 atom stereocenters. The summed E-state index contributed by atoms with van der Waals surface area (Å²) in [6, 6.07) is 5.25. The van der Waals surface area contributed by atoms with Gasteiger partial charge >= 0.3 is 12.0 Å². The minimum atomic E-state index is -0.464. The maximum absolute atomic E-state index is 12.1. The van der Waals surface area contributed by atoms with E-state index in [0.29, 0.717) is 23.8 Å². The normalized spacial score (nSPS) is 20.1. The van der Waals surface area contributed by atoms with Crippen LogP contribution in [-0.4, -0.2) is 32.3 Å². The molecular weight excluding hydrogens is 308 g/mol. The lowest BCUT2D eigenvalue weighted by Gasteiger charge is -2.29. The van der Waals surface area contributed by atoms with Crippen LogP contribution < -0.4 is 15.4 Å². The molecule has 0 spiro atoms. The molecule has 0 heterocycles. The topological polar surface area (TPSA) is 76.7 Å². The van der Waals surface area contributed by atoms with E-state index in [1.807, 2.05) is 6.07 Å². The van der Waals surface area contributed by atoms with Gasteiger partial charge in [-0.05, 0) is 36.5 Å². The van der Waals surface area contributed by atoms with E-state index in [4.69, 9.17) is 9.47 Å². The standard InChI is InChI=1S/C18H26N2O4/c1-12-6-4-5-7-15(12)20-18(22)19-11-13-8-9-16(23-2)14(10-13)17(21)24-3/h8-10,12,15H,4-7,11H2,1-3H3,(H2,19,20,22)/t12-,15-/m1/s1. The third-order valence-corrected chi connectivity index (χ3v) is 4.55. The Labute approximate surface area is 142 Å². The van der Waals surface area contributed by atoms with E-state index in [-0.39, 0.29) is 12.1 Å². The van der Waals surface area contributed by atoms with Gasteiger partial charge in [0.05, 0.1) is 14.2 Å². The molecule has 0 aromatic heterocycles. The molecule has 0 unspecified atom stereocenters. The Bertz CT molecular complexity index is 588. The Hall–Kier alpha value is -2.24. The molecule has 1 aliphatic carbocycles. The van der Waals surface area contributed by atoms with Crippen LogP contribution in [0.1, 0.15) is 48.5 Å². The summed E-state index contributed by atoms with van der Waals surface area (Å²) in [5.74, 6) is 0.497. The first-order chi connectivity index (χ1) is 11.5. The molecule has 0 saturated heterocycles. The highest BCUT2D eigenvalue weighted by Crippen LogP contribution is 2.23. The largest absolute Gasteiger partial charge is 0.496 e. The summed E-state index contributed by atoms with van der Waals surface area (Å²) in [4.78, 5) is 23.9. The quantitative estimate of drug-likeness (QED) is 0.812. The molecule has 1 fully saturated rings. The monoisotopic (exact) mass is 334 g/mol. The van der Waals surface area contributed by atoms with Crippen LogP contribution in [0.3, 0.4) is 0 Å². The molecule has 2 rings (SSSR count). The molecule has 24 heavy (non-hydrogen) atoms. The van der Waals surface area contributed by atoms with Gasteiger partial charge in [0, 0.05) is 12.6 Å². The SMILES string of the molecule is COC(=O)c1cc(CNC(=O)N[C@@H]2CCCC[C@H]2C)ccc1OC. The first-order valence-corrected chi connectivity index (χ1v) is 8.34. The van der Waals surface area contributed by atoms with Gasteiger partial charge in [-0.1, -0.05) is 25.8 Å². The van der Waals surface area contributed by atoms with Crippen molar-refractivity contribution in [1.29, 1.82) is 0 Å². The van der Waals surface area contributed by atoms with Gasteiger partial charge in [-0.3, -0.25) is 0 Å². The van der Waals surface area contributed by atoms with Crippen LogP contribution in [0.4, 0.5) is 4.79 Å². The van der Waals surface area contributed by atoms with Gasteiger partial charge in [0.25, 0.3) is 0 Å². The summed E-state index contributed by atoms with van der Waals surface area (Å²) in [6.45, 7) is 2.51. The minimum Gasteiger partial charge on any atom is -0.496 e. The molecule has 1 aromatic carbocycles. The Morgan fingerprint density at radius 2 is 1.96 bits per heavy atom. The molecule has 6 nitrogen and oxygen atoms in total. The van der Waals surface area contributed by atoms with E-state index < -0.39 is 5.97 Å². The van der Waals surface area contributed by atoms with Crippen molar-refractivity contribution >= 4 is 12.0 Å². The predicted octanol–water partition coefficient (Wildman–Crippen LogP) is 2.86. The number of hydrogen-bond acceptors (Lipinski definition) is 4. The van der Waals surface area contributed by atoms with Crippen LogP contribution in [0.25, 0.3) is 0 Å². The molecule has 0 aliphatic heterocycles. The molecule has 0 bridgehead atoms. The number of amides is 2. The van der Waals surface area contributed by atoms with Gasteiger partial charge in [0.1, 0.15) is 11.3 Å². The van der Waals surface area contributed by atoms with Crippen molar-refractivity contribution in [3.05, 3.63) is 29.3 Å². The number of carbonyl (C=O) groups excluding carboxylic acids is 2. The number of nitrogens with one attached hydrogen (secondary N) is 2. The van der Waals surface area contributed by atoms with Crippen LogP contribution >= 0.6 is 0 Å². The second-order valence-corrected chi connectivity index (χ2v) is 6.22. The van der Waals surface area contributed by atoms with Crippen LogP contribution in [0.5, 0.6) is 5.75 Å². The third kappa shape index (κ3) is 4.63. The molecule has 132 valence electrons. The Morgan fingerprint density at radius 3 is 2.62 bits per heavy atom. The number of benzene rings is 1. The summed E-state index contributed by atoms with van der Waals surface area (Å²) in [7, 11) is 2.82. The maximum Gasteiger partial charge on any atom is 0.341 e. The van der Waals surface area contributed by atoms with E-state index in [1.54, 1.807) is 12.1 Å². The predicted molar refractivity (Wildman–Crippen MR) is 91.1 cm³/mol. The number of hydrogen-bond donors (Lipinski definition) is 2. The average molecular weight is 334 g/mol. The number of urea groups is 1. The number of methoxy groups -OCH3 is 2. The molecule has 0 radical (unpaired) electrons. The van der Waals surface area contributed by atoms with E-state index in [2.05, 4.69) is 17.6 Å². The number of carbonyl (C=O) groups is 2. The van der Waals surface area contributed by atoms with Crippen LogP contribution in [-0.2, 0) is 11.3 Å². The average Bonchev–Trinajstić information content (AvgIpc) is 2.61. The van der Waals surface area contributed by atoms with Gasteiger partial charge < -0.3 is 20.1 Å². The molecule has 1 aromatic rings. The zero-order valence-corrected chi connectivity index (χ0v) is 14.6. The van der Waals surface area contributed by atoms with Crippen molar-refractivity contribution in [2.24, 2.45) is 5.92 Å². The molecule has 1 saturated carbocycles. The molecule has 1 aliphatic rings. The molecule has 6 heteroatoms. The fraction of sp³-hybridized carbons (Fsp3) is 0.556. The van der Waals surface area contributed by atoms with Crippen molar-refractivity contribution in [2.75, 3.05) is 14.2 Å². The Balaban J connectivity index is 1.93. The smallest absolute Gasteiger partial charge is 0.341 e. The highest BCUT2D eigenvalue weighted by atomic mass is 16.5. The highest BCUT2D eigenvalue weighted by molar-refractivity contribution is 5.92. The second-order valence-electron chi connectivity index (χ2n) is 6.22. The zero-order valence-electron chi connectivity index (χ0n) is 14.6. The fourth-order valence-corrected chi connectivity index (χ4v) is 3.07. The summed E-state index contributed by atoms with van der Waals surface area (Å²) >= 11 is 0. The van der Waals surface area contributed by atoms with E-state index in [0.717, 1.165) is 24.8 Å². The van der Waals surface area contributed by atoms with E-state index >= 15 is 0 Å². The number of ether oxygens (including phenoxy) is 2. The van der Waals surface area contributed by atoms with Crippen molar-refractivity contribution in [3.63, 3.8) is 0 Å². The Morgan fingerprint density at radius 1 is 1.21 bits per heavy atom. The molecular formula is C18H26N2O4. The summed E-state index contributed by atoms with van der Waals surface area (Å²) in [5, 5.41) is 5.89. The van der Waals surface area contributed by atoms with Gasteiger partial charge in [0.2, 0.25) is 0 Å². The van der Waals surface area contributed by atoms with Crippen molar-refractivity contribution < 1.29 is 19.1 Å². The van der Waals surface area contributed by atoms with Crippen LogP contribution in [0, 0.1) is 5.92 Å². The summed E-state index contributed by atoms with van der Waals surface area (Å²) in [6.07, 6.45) is 4.59. The molecule has 2 N–H and O–H groups in total. The van der Waals surface area contributed by atoms with E-state index in [1.165, 1.54) is 20.6 Å². The first kappa shape index (κ1) is 18.1. The van der Waals surface area contributed by atoms with Crippen LogP contribution in [0.15, 0.2) is 18.2 Å². The van der Waals surface area contributed by atoms with Gasteiger partial charge in [-0.2, -0.15) is 0 Å². The lowest BCUT2D eigenvalue weighted by atomic mass is 9.86. The van der Waals surface area contributed by atoms with Crippen molar-refractivity contribution in [2.45, 2.75) is 45.2 Å². The molecule has 2 amide bonds. The third-order valence-electron chi connectivity index (χ3n) is 4.55.